The maximum absolute atomic E-state index is 12.8. The molecule has 0 aliphatic rings. The molecule has 0 aliphatic heterocycles. The Morgan fingerprint density at radius 2 is 1.47 bits per heavy atom. The Bertz CT molecular complexity index is 1110. The highest BCUT2D eigenvalue weighted by molar-refractivity contribution is 5.92. The van der Waals surface area contributed by atoms with Crippen LogP contribution in [0.15, 0.2) is 42.5 Å². The second-order valence-corrected chi connectivity index (χ2v) is 8.34. The van der Waals surface area contributed by atoms with Gasteiger partial charge in [0.2, 0.25) is 17.6 Å². The highest BCUT2D eigenvalue weighted by Gasteiger charge is 2.12. The van der Waals surface area contributed by atoms with Gasteiger partial charge in [0.05, 0.1) is 21.3 Å². The van der Waals surface area contributed by atoms with E-state index in [4.69, 9.17) is 19.9 Å². The van der Waals surface area contributed by atoms with Gasteiger partial charge in [-0.2, -0.15) is 0 Å². The Kier molecular flexibility index (Phi) is 12.5. The molecule has 0 spiro atoms. The number of nitrogens with one attached hydrogen (secondary N) is 1. The van der Waals surface area contributed by atoms with Crippen LogP contribution in [0, 0.1) is 0 Å². The van der Waals surface area contributed by atoms with Crippen molar-refractivity contribution in [1.29, 1.82) is 0 Å². The molecule has 2 rings (SSSR count). The van der Waals surface area contributed by atoms with Crippen LogP contribution < -0.4 is 25.3 Å². The first kappa shape index (κ1) is 30.0. The fourth-order valence-electron chi connectivity index (χ4n) is 3.57. The number of nitrogens with zero attached hydrogens (tertiary/aromatic N) is 1. The van der Waals surface area contributed by atoms with Crippen LogP contribution in [0.2, 0.25) is 0 Å². The summed E-state index contributed by atoms with van der Waals surface area (Å²) in [6.45, 7) is 1.97. The number of phenolic OH excluding ortho intramolecular Hbond substituents is 2. The van der Waals surface area contributed by atoms with Crippen LogP contribution in [0.5, 0.6) is 28.7 Å². The summed E-state index contributed by atoms with van der Waals surface area (Å²) in [5, 5.41) is 22.5. The third kappa shape index (κ3) is 9.36. The number of ether oxygens (including phenoxy) is 3. The number of benzene rings is 2. The molecule has 0 fully saturated rings. The molecule has 0 aliphatic carbocycles. The van der Waals surface area contributed by atoms with Crippen LogP contribution >= 0.6 is 0 Å². The molecule has 0 unspecified atom stereocenters. The van der Waals surface area contributed by atoms with E-state index in [0.29, 0.717) is 56.8 Å². The van der Waals surface area contributed by atoms with Crippen LogP contribution in [0.3, 0.4) is 0 Å². The number of unbranched alkanes of at least 4 members (excludes halogenated alkanes) is 1. The van der Waals surface area contributed by atoms with Gasteiger partial charge in [-0.25, -0.2) is 0 Å². The van der Waals surface area contributed by atoms with Crippen molar-refractivity contribution >= 4 is 24.0 Å². The zero-order valence-electron chi connectivity index (χ0n) is 22.1. The lowest BCUT2D eigenvalue weighted by molar-refractivity contribution is -0.126. The van der Waals surface area contributed by atoms with E-state index in [1.165, 1.54) is 39.5 Å². The summed E-state index contributed by atoms with van der Waals surface area (Å²) < 4.78 is 15.4. The van der Waals surface area contributed by atoms with E-state index < -0.39 is 0 Å². The molecule has 0 saturated carbocycles. The fourth-order valence-corrected chi connectivity index (χ4v) is 3.57. The predicted octanol–water partition coefficient (Wildman–Crippen LogP) is 2.92. The molecule has 0 heterocycles. The Morgan fingerprint density at radius 3 is 2.11 bits per heavy atom. The normalized spacial score (nSPS) is 11.1. The van der Waals surface area contributed by atoms with Crippen molar-refractivity contribution < 1.29 is 34.0 Å². The van der Waals surface area contributed by atoms with E-state index in [0.717, 1.165) is 5.56 Å². The van der Waals surface area contributed by atoms with Gasteiger partial charge in [0, 0.05) is 31.8 Å². The Hall–Kier alpha value is -4.18. The summed E-state index contributed by atoms with van der Waals surface area (Å²) in [6, 6.07) is 8.04. The summed E-state index contributed by atoms with van der Waals surface area (Å²) >= 11 is 0. The zero-order chi connectivity index (χ0) is 27.9. The molecule has 0 aromatic heterocycles. The van der Waals surface area contributed by atoms with Crippen molar-refractivity contribution in [3.05, 3.63) is 53.6 Å². The molecule has 2 amide bonds. The number of carbonyl (C=O) groups excluding carboxylic acids is 2. The number of methoxy groups -OCH3 is 3. The van der Waals surface area contributed by atoms with Crippen LogP contribution in [-0.4, -0.2) is 74.4 Å². The Balaban J connectivity index is 1.86. The number of phenols is 2. The fraction of sp³-hybridized carbons (Fsp3) is 0.357. The average Bonchev–Trinajstić information content (AvgIpc) is 2.93. The maximum Gasteiger partial charge on any atom is 0.246 e. The molecule has 2 aromatic rings. The van der Waals surface area contributed by atoms with E-state index in [1.807, 2.05) is 0 Å². The average molecular weight is 528 g/mol. The van der Waals surface area contributed by atoms with Gasteiger partial charge in [0.1, 0.15) is 0 Å². The van der Waals surface area contributed by atoms with Gasteiger partial charge in [0.15, 0.2) is 23.0 Å². The highest BCUT2D eigenvalue weighted by Crippen LogP contribution is 2.37. The molecule has 10 nitrogen and oxygen atoms in total. The van der Waals surface area contributed by atoms with E-state index >= 15 is 0 Å². The third-order valence-electron chi connectivity index (χ3n) is 5.65. The van der Waals surface area contributed by atoms with Crippen LogP contribution in [0.1, 0.15) is 30.4 Å². The first-order valence-electron chi connectivity index (χ1n) is 12.3. The minimum absolute atomic E-state index is 0.0318. The number of hydrogen-bond donors (Lipinski definition) is 4. The van der Waals surface area contributed by atoms with E-state index in [-0.39, 0.29) is 34.8 Å². The van der Waals surface area contributed by atoms with Gasteiger partial charge >= 0.3 is 0 Å². The van der Waals surface area contributed by atoms with E-state index in [9.17, 15) is 19.8 Å². The highest BCUT2D eigenvalue weighted by atomic mass is 16.5. The second kappa shape index (κ2) is 15.8. The van der Waals surface area contributed by atoms with Crippen LogP contribution in [0.25, 0.3) is 12.2 Å². The standard InChI is InChI=1S/C28H37N3O7/c1-36-23-17-20(7-10-22(23)32)8-11-26(33)30-14-4-5-15-31(16-6-13-29)27(34)12-9-21-18-24(37-2)28(35)25(19-21)38-3/h7-12,17-19,32,35H,4-6,13-16,29H2,1-3H3,(H,30,33)/b11-8+,12-9+. The number of aromatic hydroxyl groups is 2. The number of carbonyl (C=O) groups is 2. The lowest BCUT2D eigenvalue weighted by atomic mass is 10.1. The molecule has 2 aromatic carbocycles. The quantitative estimate of drug-likeness (QED) is 0.204. The van der Waals surface area contributed by atoms with Crippen LogP contribution in [-0.2, 0) is 9.59 Å². The van der Waals surface area contributed by atoms with Gasteiger partial charge in [-0.1, -0.05) is 6.07 Å². The molecule has 206 valence electrons. The largest absolute Gasteiger partial charge is 0.504 e. The smallest absolute Gasteiger partial charge is 0.246 e. The van der Waals surface area contributed by atoms with Gasteiger partial charge in [0.25, 0.3) is 0 Å². The van der Waals surface area contributed by atoms with Gasteiger partial charge in [-0.3, -0.25) is 9.59 Å². The minimum atomic E-state index is -0.240. The SMILES string of the molecule is COc1cc(/C=C/C(=O)NCCCCN(CCCN)C(=O)/C=C/c2cc(OC)c(O)c(OC)c2)ccc1O. The molecule has 0 saturated heterocycles. The maximum atomic E-state index is 12.8. The molecule has 0 atom stereocenters. The minimum Gasteiger partial charge on any atom is -0.504 e. The van der Waals surface area contributed by atoms with Gasteiger partial charge in [-0.05, 0) is 73.4 Å². The summed E-state index contributed by atoms with van der Waals surface area (Å²) in [5.74, 6) is 0.345. The molecular formula is C28H37N3O7. The topological polar surface area (TPSA) is 144 Å². The summed E-state index contributed by atoms with van der Waals surface area (Å²) in [7, 11) is 4.34. The van der Waals surface area contributed by atoms with Gasteiger partial charge in [-0.15, -0.1) is 0 Å². The Labute approximate surface area is 223 Å². The van der Waals surface area contributed by atoms with Crippen molar-refractivity contribution in [2.24, 2.45) is 5.73 Å². The summed E-state index contributed by atoms with van der Waals surface area (Å²) in [6.07, 6.45) is 8.21. The first-order valence-corrected chi connectivity index (χ1v) is 12.3. The second-order valence-electron chi connectivity index (χ2n) is 8.34. The van der Waals surface area contributed by atoms with Crippen LogP contribution in [0.4, 0.5) is 0 Å². The number of rotatable bonds is 15. The molecule has 10 heteroatoms. The van der Waals surface area contributed by atoms with Crippen molar-refractivity contribution in [2.45, 2.75) is 19.3 Å². The predicted molar refractivity (Wildman–Crippen MR) is 146 cm³/mol. The molecule has 38 heavy (non-hydrogen) atoms. The monoisotopic (exact) mass is 527 g/mol. The molecule has 5 N–H and O–H groups in total. The number of nitrogens with two attached hydrogens (primary N) is 1. The van der Waals surface area contributed by atoms with E-state index in [2.05, 4.69) is 5.32 Å². The third-order valence-corrected chi connectivity index (χ3v) is 5.65. The van der Waals surface area contributed by atoms with E-state index in [1.54, 1.807) is 41.3 Å². The number of hydrogen-bond acceptors (Lipinski definition) is 8. The summed E-state index contributed by atoms with van der Waals surface area (Å²) in [5.41, 5.74) is 7.01. The van der Waals surface area contributed by atoms with Gasteiger partial charge < -0.3 is 40.4 Å². The lowest BCUT2D eigenvalue weighted by Gasteiger charge is -2.21. The van der Waals surface area contributed by atoms with Crippen molar-refractivity contribution in [2.75, 3.05) is 47.5 Å². The lowest BCUT2D eigenvalue weighted by Crippen LogP contribution is -2.33. The van der Waals surface area contributed by atoms with Crippen molar-refractivity contribution in [1.82, 2.24) is 10.2 Å². The molecular weight excluding hydrogens is 490 g/mol. The van der Waals surface area contributed by atoms with Crippen molar-refractivity contribution in [3.63, 3.8) is 0 Å². The Morgan fingerprint density at radius 1 is 0.868 bits per heavy atom. The molecule has 0 bridgehead atoms. The zero-order valence-corrected chi connectivity index (χ0v) is 22.1. The van der Waals surface area contributed by atoms with Crippen molar-refractivity contribution in [3.8, 4) is 28.7 Å². The summed E-state index contributed by atoms with van der Waals surface area (Å²) in [4.78, 5) is 26.7. The number of amides is 2. The first-order chi connectivity index (χ1) is 18.3. The molecule has 0 radical (unpaired) electrons.